The molecule has 0 fully saturated rings. The highest BCUT2D eigenvalue weighted by atomic mass is 35.5. The van der Waals surface area contributed by atoms with E-state index >= 15 is 0 Å². The lowest BCUT2D eigenvalue weighted by Crippen LogP contribution is -2.38. The molecule has 0 saturated carbocycles. The van der Waals surface area contributed by atoms with Crippen LogP contribution in [-0.2, 0) is 7.05 Å². The molecule has 0 bridgehead atoms. The number of hydrogen-bond donors (Lipinski definition) is 0. The second-order valence-electron chi connectivity index (χ2n) is 4.57. The Balaban J connectivity index is 2.56. The number of rotatable bonds is 1. The van der Waals surface area contributed by atoms with E-state index in [-0.39, 0.29) is 21.6 Å². The minimum absolute atomic E-state index is 0.0178. The molecule has 0 saturated heterocycles. The Labute approximate surface area is 123 Å². The van der Waals surface area contributed by atoms with Gasteiger partial charge in [0, 0.05) is 7.05 Å². The second kappa shape index (κ2) is 4.86. The third-order valence-corrected chi connectivity index (χ3v) is 3.65. The van der Waals surface area contributed by atoms with Gasteiger partial charge in [0.25, 0.3) is 5.56 Å². The molecule has 0 radical (unpaired) electrons. The van der Waals surface area contributed by atoms with E-state index in [2.05, 4.69) is 0 Å². The summed E-state index contributed by atoms with van der Waals surface area (Å²) in [6.45, 7) is 0. The lowest BCUT2D eigenvalue weighted by Gasteiger charge is -2.12. The standard InChI is InChI=1S/C15H10ClFN2O2/c1-18-13-9(5-4-7-11(13)17)14(20)19(15(18)21)12-8-3-2-6-10(12)16/h2-8H,1H3. The molecule has 0 atom stereocenters. The summed E-state index contributed by atoms with van der Waals surface area (Å²) in [7, 11) is 1.42. The van der Waals surface area contributed by atoms with Crippen molar-refractivity contribution in [2.75, 3.05) is 0 Å². The summed E-state index contributed by atoms with van der Waals surface area (Å²) in [5.74, 6) is -0.615. The normalized spacial score (nSPS) is 11.0. The first kappa shape index (κ1) is 13.6. The van der Waals surface area contributed by atoms with E-state index in [1.165, 1.54) is 25.2 Å². The van der Waals surface area contributed by atoms with Crippen LogP contribution in [0.4, 0.5) is 4.39 Å². The molecule has 3 aromatic rings. The summed E-state index contributed by atoms with van der Waals surface area (Å²) >= 11 is 6.06. The Morgan fingerprint density at radius 3 is 2.48 bits per heavy atom. The number of hydrogen-bond acceptors (Lipinski definition) is 2. The zero-order chi connectivity index (χ0) is 15.1. The Morgan fingerprint density at radius 1 is 1.05 bits per heavy atom. The van der Waals surface area contributed by atoms with Gasteiger partial charge in [-0.15, -0.1) is 0 Å². The number of fused-ring (bicyclic) bond motifs is 1. The topological polar surface area (TPSA) is 44.0 Å². The maximum atomic E-state index is 13.9. The maximum absolute atomic E-state index is 13.9. The Bertz CT molecular complexity index is 976. The van der Waals surface area contributed by atoms with Gasteiger partial charge >= 0.3 is 5.69 Å². The molecule has 0 unspecified atom stereocenters. The van der Waals surface area contributed by atoms with Gasteiger partial charge in [-0.2, -0.15) is 0 Å². The second-order valence-corrected chi connectivity index (χ2v) is 4.98. The molecule has 4 nitrogen and oxygen atoms in total. The minimum Gasteiger partial charge on any atom is -0.293 e. The van der Waals surface area contributed by atoms with Crippen LogP contribution < -0.4 is 11.2 Å². The summed E-state index contributed by atoms with van der Waals surface area (Å²) in [6, 6.07) is 10.6. The highest BCUT2D eigenvalue weighted by molar-refractivity contribution is 6.32. The zero-order valence-electron chi connectivity index (χ0n) is 11.0. The largest absolute Gasteiger partial charge is 0.336 e. The van der Waals surface area contributed by atoms with Gasteiger partial charge in [-0.1, -0.05) is 29.8 Å². The Morgan fingerprint density at radius 2 is 1.76 bits per heavy atom. The van der Waals surface area contributed by atoms with Crippen molar-refractivity contribution in [2.45, 2.75) is 0 Å². The van der Waals surface area contributed by atoms with E-state index in [0.717, 1.165) is 9.13 Å². The number of benzene rings is 2. The quantitative estimate of drug-likeness (QED) is 0.693. The third-order valence-electron chi connectivity index (χ3n) is 3.33. The molecule has 106 valence electrons. The van der Waals surface area contributed by atoms with Gasteiger partial charge in [0.05, 0.1) is 21.6 Å². The Kier molecular flexibility index (Phi) is 3.14. The monoisotopic (exact) mass is 304 g/mol. The van der Waals surface area contributed by atoms with Crippen LogP contribution in [0.1, 0.15) is 0 Å². The summed E-state index contributed by atoms with van der Waals surface area (Å²) in [5.41, 5.74) is -0.988. The van der Waals surface area contributed by atoms with Gasteiger partial charge in [0.15, 0.2) is 0 Å². The summed E-state index contributed by atoms with van der Waals surface area (Å²) in [5, 5.41) is 0.393. The van der Waals surface area contributed by atoms with Crippen LogP contribution in [0.5, 0.6) is 0 Å². The number of para-hydroxylation sites is 2. The van der Waals surface area contributed by atoms with E-state index in [1.807, 2.05) is 0 Å². The van der Waals surface area contributed by atoms with Gasteiger partial charge in [-0.05, 0) is 24.3 Å². The van der Waals surface area contributed by atoms with Crippen molar-refractivity contribution in [3.05, 3.63) is 74.1 Å². The van der Waals surface area contributed by atoms with Crippen LogP contribution in [0.15, 0.2) is 52.1 Å². The highest BCUT2D eigenvalue weighted by Crippen LogP contribution is 2.18. The van der Waals surface area contributed by atoms with Gasteiger partial charge in [-0.25, -0.2) is 13.8 Å². The molecule has 0 aliphatic heterocycles. The number of halogens is 2. The third kappa shape index (κ3) is 1.97. The SMILES string of the molecule is Cn1c(=O)n(-c2ccccc2Cl)c(=O)c2cccc(F)c21. The predicted molar refractivity (Wildman–Crippen MR) is 79.8 cm³/mol. The van der Waals surface area contributed by atoms with Crippen LogP contribution in [0.2, 0.25) is 5.02 Å². The molecule has 1 heterocycles. The molecule has 1 aromatic heterocycles. The first-order chi connectivity index (χ1) is 10.0. The van der Waals surface area contributed by atoms with Crippen LogP contribution in [-0.4, -0.2) is 9.13 Å². The average Bonchev–Trinajstić information content (AvgIpc) is 2.47. The summed E-state index contributed by atoms with van der Waals surface area (Å²) in [6.07, 6.45) is 0. The smallest absolute Gasteiger partial charge is 0.293 e. The first-order valence-electron chi connectivity index (χ1n) is 6.17. The Hall–Kier alpha value is -2.40. The van der Waals surface area contributed by atoms with Crippen LogP contribution >= 0.6 is 11.6 Å². The molecule has 0 amide bonds. The number of aromatic nitrogens is 2. The fraction of sp³-hybridized carbons (Fsp3) is 0.0667. The number of nitrogens with zero attached hydrogens (tertiary/aromatic N) is 2. The van der Waals surface area contributed by atoms with Crippen molar-refractivity contribution < 1.29 is 4.39 Å². The molecule has 6 heteroatoms. The van der Waals surface area contributed by atoms with E-state index < -0.39 is 17.1 Å². The van der Waals surface area contributed by atoms with Gasteiger partial charge < -0.3 is 0 Å². The molecule has 3 rings (SSSR count). The first-order valence-corrected chi connectivity index (χ1v) is 6.55. The van der Waals surface area contributed by atoms with Crippen LogP contribution in [0, 0.1) is 5.82 Å². The van der Waals surface area contributed by atoms with Crippen molar-refractivity contribution in [2.24, 2.45) is 7.05 Å². The van der Waals surface area contributed by atoms with Crippen LogP contribution in [0.3, 0.4) is 0 Å². The molecule has 21 heavy (non-hydrogen) atoms. The minimum atomic E-state index is -0.647. The molecule has 0 spiro atoms. The van der Waals surface area contributed by atoms with Crippen molar-refractivity contribution >= 4 is 22.5 Å². The maximum Gasteiger partial charge on any atom is 0.336 e. The molecule has 2 aromatic carbocycles. The van der Waals surface area contributed by atoms with Crippen LogP contribution in [0.25, 0.3) is 16.6 Å². The lowest BCUT2D eigenvalue weighted by atomic mass is 10.2. The van der Waals surface area contributed by atoms with Crippen molar-refractivity contribution in [3.8, 4) is 5.69 Å². The summed E-state index contributed by atoms with van der Waals surface area (Å²) < 4.78 is 15.9. The van der Waals surface area contributed by atoms with Crippen molar-refractivity contribution in [1.29, 1.82) is 0 Å². The van der Waals surface area contributed by atoms with Crippen molar-refractivity contribution in [1.82, 2.24) is 9.13 Å². The number of aryl methyl sites for hydroxylation is 1. The van der Waals surface area contributed by atoms with E-state index in [0.29, 0.717) is 0 Å². The average molecular weight is 305 g/mol. The van der Waals surface area contributed by atoms with Gasteiger partial charge in [0.1, 0.15) is 5.82 Å². The molecule has 0 aliphatic carbocycles. The highest BCUT2D eigenvalue weighted by Gasteiger charge is 2.16. The van der Waals surface area contributed by atoms with E-state index in [1.54, 1.807) is 24.3 Å². The molecule has 0 aliphatic rings. The van der Waals surface area contributed by atoms with Gasteiger partial charge in [-0.3, -0.25) is 9.36 Å². The zero-order valence-corrected chi connectivity index (χ0v) is 11.8. The molecular formula is C15H10ClFN2O2. The molecular weight excluding hydrogens is 295 g/mol. The lowest BCUT2D eigenvalue weighted by molar-refractivity contribution is 0.624. The summed E-state index contributed by atoms with van der Waals surface area (Å²) in [4.78, 5) is 24.9. The molecule has 0 N–H and O–H groups in total. The van der Waals surface area contributed by atoms with E-state index in [4.69, 9.17) is 11.6 Å². The van der Waals surface area contributed by atoms with Gasteiger partial charge in [0.2, 0.25) is 0 Å². The van der Waals surface area contributed by atoms with Crippen molar-refractivity contribution in [3.63, 3.8) is 0 Å². The predicted octanol–water partition coefficient (Wildman–Crippen LogP) is 2.48. The van der Waals surface area contributed by atoms with E-state index in [9.17, 15) is 14.0 Å². The fourth-order valence-corrected chi connectivity index (χ4v) is 2.55. The fourth-order valence-electron chi connectivity index (χ4n) is 2.33.